The minimum absolute atomic E-state index is 0.0893. The molecule has 1 heterocycles. The van der Waals surface area contributed by atoms with Gasteiger partial charge in [0.25, 0.3) is 0 Å². The number of benzene rings is 2. The Hall–Kier alpha value is -2.72. The van der Waals surface area contributed by atoms with Crippen LogP contribution >= 0.6 is 23.1 Å². The Morgan fingerprint density at radius 3 is 2.72 bits per heavy atom. The SMILES string of the molecule is Cc1cccc(Nc2nnc(SC(C)C(=O)Nc3ccccc3OC(F)F)s2)c1. The largest absolute Gasteiger partial charge is 0.433 e. The maximum absolute atomic E-state index is 12.5. The van der Waals surface area contributed by atoms with E-state index in [4.69, 9.17) is 0 Å². The zero-order chi connectivity index (χ0) is 20.8. The highest BCUT2D eigenvalue weighted by atomic mass is 32.2. The highest BCUT2D eigenvalue weighted by molar-refractivity contribution is 8.02. The van der Waals surface area contributed by atoms with E-state index in [1.165, 1.54) is 35.2 Å². The van der Waals surface area contributed by atoms with E-state index in [-0.39, 0.29) is 17.3 Å². The molecule has 2 aromatic carbocycles. The molecular weight excluding hydrogens is 418 g/mol. The van der Waals surface area contributed by atoms with Gasteiger partial charge < -0.3 is 15.4 Å². The van der Waals surface area contributed by atoms with Crippen molar-refractivity contribution in [1.82, 2.24) is 10.2 Å². The smallest absolute Gasteiger partial charge is 0.387 e. The van der Waals surface area contributed by atoms with E-state index in [9.17, 15) is 13.6 Å². The van der Waals surface area contributed by atoms with Crippen molar-refractivity contribution in [3.05, 3.63) is 54.1 Å². The summed E-state index contributed by atoms with van der Waals surface area (Å²) in [6, 6.07) is 13.9. The Bertz CT molecular complexity index is 984. The van der Waals surface area contributed by atoms with Gasteiger partial charge in [-0.25, -0.2) is 0 Å². The molecule has 152 valence electrons. The van der Waals surface area contributed by atoms with Crippen LogP contribution < -0.4 is 15.4 Å². The minimum atomic E-state index is -2.97. The summed E-state index contributed by atoms with van der Waals surface area (Å²) < 4.78 is 30.1. The first-order valence-corrected chi connectivity index (χ1v) is 10.3. The molecule has 2 N–H and O–H groups in total. The van der Waals surface area contributed by atoms with E-state index in [1.807, 2.05) is 31.2 Å². The summed E-state index contributed by atoms with van der Waals surface area (Å²) in [5, 5.41) is 14.1. The van der Waals surface area contributed by atoms with Crippen LogP contribution in [0.25, 0.3) is 0 Å². The number of carbonyl (C=O) groups is 1. The monoisotopic (exact) mass is 436 g/mol. The number of alkyl halides is 2. The average Bonchev–Trinajstić information content (AvgIpc) is 3.09. The van der Waals surface area contributed by atoms with E-state index in [0.717, 1.165) is 11.3 Å². The van der Waals surface area contributed by atoms with Crippen molar-refractivity contribution in [2.24, 2.45) is 0 Å². The second kappa shape index (κ2) is 9.66. The van der Waals surface area contributed by atoms with Gasteiger partial charge in [-0.05, 0) is 43.7 Å². The van der Waals surface area contributed by atoms with Crippen molar-refractivity contribution in [3.8, 4) is 5.75 Å². The second-order valence-electron chi connectivity index (χ2n) is 5.99. The quantitative estimate of drug-likeness (QED) is 0.466. The molecule has 0 fully saturated rings. The van der Waals surface area contributed by atoms with Crippen LogP contribution in [0.4, 0.5) is 25.3 Å². The molecule has 0 aliphatic carbocycles. The number of para-hydroxylation sites is 2. The van der Waals surface area contributed by atoms with Crippen LogP contribution in [-0.4, -0.2) is 28.0 Å². The molecule has 1 unspecified atom stereocenters. The van der Waals surface area contributed by atoms with Gasteiger partial charge in [-0.2, -0.15) is 8.78 Å². The van der Waals surface area contributed by atoms with Gasteiger partial charge in [-0.15, -0.1) is 10.2 Å². The van der Waals surface area contributed by atoms with Crippen molar-refractivity contribution in [2.45, 2.75) is 30.0 Å². The first-order chi connectivity index (χ1) is 13.9. The number of amides is 1. The van der Waals surface area contributed by atoms with Crippen molar-refractivity contribution < 1.29 is 18.3 Å². The van der Waals surface area contributed by atoms with Gasteiger partial charge in [-0.1, -0.05) is 47.4 Å². The number of aromatic nitrogens is 2. The van der Waals surface area contributed by atoms with Crippen molar-refractivity contribution in [3.63, 3.8) is 0 Å². The number of nitrogens with zero attached hydrogens (tertiary/aromatic N) is 2. The van der Waals surface area contributed by atoms with Crippen molar-refractivity contribution in [1.29, 1.82) is 0 Å². The fourth-order valence-corrected chi connectivity index (χ4v) is 4.28. The van der Waals surface area contributed by atoms with Crippen LogP contribution in [0.1, 0.15) is 12.5 Å². The summed E-state index contributed by atoms with van der Waals surface area (Å²) in [5.74, 6) is -0.447. The molecule has 3 aromatic rings. The lowest BCUT2D eigenvalue weighted by molar-refractivity contribution is -0.115. The number of aryl methyl sites for hydroxylation is 1. The van der Waals surface area contributed by atoms with Crippen LogP contribution in [0.15, 0.2) is 52.9 Å². The van der Waals surface area contributed by atoms with Gasteiger partial charge in [0.2, 0.25) is 11.0 Å². The Morgan fingerprint density at radius 2 is 1.97 bits per heavy atom. The topological polar surface area (TPSA) is 76.1 Å². The molecule has 0 saturated heterocycles. The number of nitrogens with one attached hydrogen (secondary N) is 2. The molecule has 3 rings (SSSR count). The average molecular weight is 437 g/mol. The fourth-order valence-electron chi connectivity index (χ4n) is 2.36. The van der Waals surface area contributed by atoms with Crippen LogP contribution in [0, 0.1) is 6.92 Å². The van der Waals surface area contributed by atoms with Crippen molar-refractivity contribution in [2.75, 3.05) is 10.6 Å². The maximum atomic E-state index is 12.5. The third kappa shape index (κ3) is 6.13. The lowest BCUT2D eigenvalue weighted by atomic mass is 10.2. The summed E-state index contributed by atoms with van der Waals surface area (Å²) in [4.78, 5) is 12.5. The van der Waals surface area contributed by atoms with Crippen LogP contribution in [-0.2, 0) is 4.79 Å². The standard InChI is InChI=1S/C19H18F2N4O2S2/c1-11-6-5-7-13(10-11)22-18-24-25-19(29-18)28-12(2)16(26)23-14-8-3-4-9-15(14)27-17(20)21/h3-10,12,17H,1-2H3,(H,22,24)(H,23,26). The summed E-state index contributed by atoms with van der Waals surface area (Å²) in [5.41, 5.74) is 2.21. The lowest BCUT2D eigenvalue weighted by Crippen LogP contribution is -2.23. The molecule has 1 aromatic heterocycles. The third-order valence-corrected chi connectivity index (χ3v) is 5.71. The number of anilines is 3. The van der Waals surface area contributed by atoms with E-state index in [2.05, 4.69) is 25.6 Å². The molecule has 0 spiro atoms. The minimum Gasteiger partial charge on any atom is -0.433 e. The normalized spacial score (nSPS) is 11.9. The number of halogens is 2. The number of thioether (sulfide) groups is 1. The number of rotatable bonds is 8. The summed E-state index contributed by atoms with van der Waals surface area (Å²) in [7, 11) is 0. The molecule has 0 aliphatic rings. The van der Waals surface area contributed by atoms with Crippen LogP contribution in [0.3, 0.4) is 0 Å². The van der Waals surface area contributed by atoms with E-state index in [0.29, 0.717) is 9.47 Å². The number of carbonyl (C=O) groups excluding carboxylic acids is 1. The Morgan fingerprint density at radius 1 is 1.17 bits per heavy atom. The van der Waals surface area contributed by atoms with E-state index >= 15 is 0 Å². The molecule has 1 amide bonds. The molecule has 1 atom stereocenters. The predicted molar refractivity (Wildman–Crippen MR) is 111 cm³/mol. The Labute approximate surface area is 174 Å². The van der Waals surface area contributed by atoms with Crippen molar-refractivity contribution >= 4 is 45.5 Å². The molecule has 29 heavy (non-hydrogen) atoms. The first-order valence-electron chi connectivity index (χ1n) is 8.59. The zero-order valence-corrected chi connectivity index (χ0v) is 17.2. The maximum Gasteiger partial charge on any atom is 0.387 e. The van der Waals surface area contributed by atoms with Crippen LogP contribution in [0.2, 0.25) is 0 Å². The lowest BCUT2D eigenvalue weighted by Gasteiger charge is -2.14. The van der Waals surface area contributed by atoms with Gasteiger partial charge in [-0.3, -0.25) is 4.79 Å². The van der Waals surface area contributed by atoms with E-state index in [1.54, 1.807) is 19.1 Å². The van der Waals surface area contributed by atoms with Gasteiger partial charge in [0.1, 0.15) is 5.75 Å². The number of hydrogen-bond donors (Lipinski definition) is 2. The van der Waals surface area contributed by atoms with Gasteiger partial charge >= 0.3 is 6.61 Å². The van der Waals surface area contributed by atoms with Gasteiger partial charge in [0.05, 0.1) is 10.9 Å². The van der Waals surface area contributed by atoms with Gasteiger partial charge in [0.15, 0.2) is 4.34 Å². The zero-order valence-electron chi connectivity index (χ0n) is 15.6. The summed E-state index contributed by atoms with van der Waals surface area (Å²) in [6.07, 6.45) is 0. The Kier molecular flexibility index (Phi) is 6.99. The second-order valence-corrected chi connectivity index (χ2v) is 8.56. The van der Waals surface area contributed by atoms with Gasteiger partial charge in [0, 0.05) is 5.69 Å². The predicted octanol–water partition coefficient (Wildman–Crippen LogP) is 5.31. The highest BCUT2D eigenvalue weighted by Crippen LogP contribution is 2.32. The number of hydrogen-bond acceptors (Lipinski definition) is 7. The molecule has 0 bridgehead atoms. The Balaban J connectivity index is 1.60. The summed E-state index contributed by atoms with van der Waals surface area (Å²) >= 11 is 2.55. The molecule has 6 nitrogen and oxygen atoms in total. The highest BCUT2D eigenvalue weighted by Gasteiger charge is 2.19. The molecule has 0 radical (unpaired) electrons. The fraction of sp³-hybridized carbons (Fsp3) is 0.211. The van der Waals surface area contributed by atoms with Crippen LogP contribution in [0.5, 0.6) is 5.75 Å². The number of ether oxygens (including phenoxy) is 1. The molecule has 0 saturated carbocycles. The molecule has 0 aliphatic heterocycles. The van der Waals surface area contributed by atoms with E-state index < -0.39 is 11.9 Å². The molecular formula is C19H18F2N4O2S2. The third-order valence-electron chi connectivity index (χ3n) is 3.68. The first kappa shape index (κ1) is 21.0. The summed E-state index contributed by atoms with van der Waals surface area (Å²) in [6.45, 7) is 0.726. The molecule has 10 heteroatoms.